The third-order valence-electron chi connectivity index (χ3n) is 4.31. The van der Waals surface area contributed by atoms with E-state index < -0.39 is 5.79 Å². The number of nitrogens with zero attached hydrogens (tertiary/aromatic N) is 1. The van der Waals surface area contributed by atoms with E-state index in [0.29, 0.717) is 30.6 Å². The fourth-order valence-electron chi connectivity index (χ4n) is 4.11. The lowest BCUT2D eigenvalue weighted by Gasteiger charge is -2.61. The highest BCUT2D eigenvalue weighted by atomic mass is 16.6. The first kappa shape index (κ1) is 9.60. The van der Waals surface area contributed by atoms with Crippen molar-refractivity contribution in [2.24, 2.45) is 22.9 Å². The van der Waals surface area contributed by atoms with Crippen molar-refractivity contribution in [1.82, 2.24) is 0 Å². The molecule has 0 spiro atoms. The summed E-state index contributed by atoms with van der Waals surface area (Å²) in [4.78, 5) is 0. The zero-order valence-electron chi connectivity index (χ0n) is 8.89. The van der Waals surface area contributed by atoms with Crippen LogP contribution in [0.15, 0.2) is 5.16 Å². The first-order chi connectivity index (χ1) is 7.04. The van der Waals surface area contributed by atoms with E-state index >= 15 is 0 Å². The maximum atomic E-state index is 10.2. The number of aliphatic hydroxyl groups is 1. The van der Waals surface area contributed by atoms with Gasteiger partial charge in [0.1, 0.15) is 0 Å². The molecule has 15 heavy (non-hydrogen) atoms. The summed E-state index contributed by atoms with van der Waals surface area (Å²) >= 11 is 0. The molecule has 2 aliphatic carbocycles. The Bertz CT molecular complexity index is 279. The monoisotopic (exact) mass is 211 g/mol. The first-order valence-corrected chi connectivity index (χ1v) is 5.64. The lowest BCUT2D eigenvalue weighted by atomic mass is 9.56. The summed E-state index contributed by atoms with van der Waals surface area (Å²) < 4.78 is 5.77. The highest BCUT2D eigenvalue weighted by molar-refractivity contribution is 5.61. The second kappa shape index (κ2) is 2.74. The van der Waals surface area contributed by atoms with Crippen molar-refractivity contribution in [3.05, 3.63) is 0 Å². The molecule has 4 fully saturated rings. The molecule has 0 amide bonds. The molecule has 0 radical (unpaired) electrons. The van der Waals surface area contributed by atoms with E-state index in [1.54, 1.807) is 6.21 Å². The Morgan fingerprint density at radius 3 is 2.33 bits per heavy atom. The van der Waals surface area contributed by atoms with Crippen molar-refractivity contribution in [2.75, 3.05) is 0 Å². The quantitative estimate of drug-likeness (QED) is 0.391. The maximum absolute atomic E-state index is 10.2. The summed E-state index contributed by atoms with van der Waals surface area (Å²) in [7, 11) is 0. The standard InChI is InChI=1S/C11H17NO3/c1-10-2-7-4-11(13,15-10)5-8(3-10)9(7)6-12-14/h6-9,13-14H,2-5H2,1H3/b12-6-. The van der Waals surface area contributed by atoms with Gasteiger partial charge in [0.05, 0.1) is 5.60 Å². The van der Waals surface area contributed by atoms with E-state index in [1.165, 1.54) is 0 Å². The third kappa shape index (κ3) is 1.31. The van der Waals surface area contributed by atoms with Crippen LogP contribution in [0.1, 0.15) is 32.6 Å². The van der Waals surface area contributed by atoms with Crippen LogP contribution < -0.4 is 0 Å². The van der Waals surface area contributed by atoms with Gasteiger partial charge < -0.3 is 15.1 Å². The molecule has 2 N–H and O–H groups in total. The van der Waals surface area contributed by atoms with Crippen molar-refractivity contribution in [3.63, 3.8) is 0 Å². The van der Waals surface area contributed by atoms with Gasteiger partial charge in [0, 0.05) is 25.0 Å². The molecule has 2 heterocycles. The van der Waals surface area contributed by atoms with Gasteiger partial charge in [-0.3, -0.25) is 0 Å². The molecule has 4 bridgehead atoms. The topological polar surface area (TPSA) is 62.1 Å². The summed E-state index contributed by atoms with van der Waals surface area (Å²) in [6.45, 7) is 2.09. The van der Waals surface area contributed by atoms with Gasteiger partial charge in [-0.2, -0.15) is 0 Å². The summed E-state index contributed by atoms with van der Waals surface area (Å²) in [5.74, 6) is 0.252. The van der Waals surface area contributed by atoms with Crippen LogP contribution in [-0.4, -0.2) is 27.9 Å². The summed E-state index contributed by atoms with van der Waals surface area (Å²) in [5, 5.41) is 22.1. The van der Waals surface area contributed by atoms with Crippen molar-refractivity contribution in [2.45, 2.75) is 44.0 Å². The molecule has 2 saturated heterocycles. The largest absolute Gasteiger partial charge is 0.411 e. The summed E-state index contributed by atoms with van der Waals surface area (Å²) in [6.07, 6.45) is 4.98. The Morgan fingerprint density at radius 1 is 1.27 bits per heavy atom. The minimum Gasteiger partial charge on any atom is -0.411 e. The van der Waals surface area contributed by atoms with Crippen molar-refractivity contribution in [3.8, 4) is 0 Å². The van der Waals surface area contributed by atoms with E-state index in [9.17, 15) is 5.11 Å². The SMILES string of the molecule is CC12CC3CC(O)(CC(C1)C3/C=N\O)O2. The normalized spacial score (nSPS) is 57.9. The second-order valence-corrected chi connectivity index (χ2v) is 5.68. The summed E-state index contributed by atoms with van der Waals surface area (Å²) in [5.41, 5.74) is -0.152. The number of ether oxygens (including phenoxy) is 1. The van der Waals surface area contributed by atoms with Crippen molar-refractivity contribution in [1.29, 1.82) is 0 Å². The molecule has 0 aromatic rings. The zero-order chi connectivity index (χ0) is 10.7. The fraction of sp³-hybridized carbons (Fsp3) is 0.909. The molecule has 4 rings (SSSR count). The highest BCUT2D eigenvalue weighted by Gasteiger charge is 2.59. The number of hydrogen-bond donors (Lipinski definition) is 2. The highest BCUT2D eigenvalue weighted by Crippen LogP contribution is 2.58. The Hall–Kier alpha value is -0.610. The van der Waals surface area contributed by atoms with Crippen LogP contribution in [0.2, 0.25) is 0 Å². The van der Waals surface area contributed by atoms with E-state index in [2.05, 4.69) is 12.1 Å². The molecule has 2 unspecified atom stereocenters. The first-order valence-electron chi connectivity index (χ1n) is 5.64. The van der Waals surface area contributed by atoms with Gasteiger partial charge in [-0.15, -0.1) is 5.16 Å². The molecular weight excluding hydrogens is 194 g/mol. The molecule has 4 heteroatoms. The van der Waals surface area contributed by atoms with Gasteiger partial charge in [0.15, 0.2) is 5.79 Å². The minimum absolute atomic E-state index is 0.152. The molecule has 2 aliphatic heterocycles. The van der Waals surface area contributed by atoms with Gasteiger partial charge in [0.25, 0.3) is 0 Å². The van der Waals surface area contributed by atoms with Crippen LogP contribution in [0.3, 0.4) is 0 Å². The Balaban J connectivity index is 1.93. The molecule has 2 saturated carbocycles. The number of rotatable bonds is 1. The number of hydrogen-bond acceptors (Lipinski definition) is 4. The predicted octanol–water partition coefficient (Wildman–Crippen LogP) is 1.36. The third-order valence-corrected chi connectivity index (χ3v) is 4.31. The van der Waals surface area contributed by atoms with Gasteiger partial charge >= 0.3 is 0 Å². The van der Waals surface area contributed by atoms with Crippen molar-refractivity contribution >= 4 is 6.21 Å². The zero-order valence-corrected chi connectivity index (χ0v) is 8.89. The van der Waals surface area contributed by atoms with Gasteiger partial charge in [-0.1, -0.05) is 0 Å². The maximum Gasteiger partial charge on any atom is 0.166 e. The molecule has 0 aromatic heterocycles. The van der Waals surface area contributed by atoms with E-state index in [1.807, 2.05) is 0 Å². The molecule has 2 atom stereocenters. The minimum atomic E-state index is -0.902. The lowest BCUT2D eigenvalue weighted by molar-refractivity contribution is -0.356. The van der Waals surface area contributed by atoms with E-state index in [-0.39, 0.29) is 5.60 Å². The lowest BCUT2D eigenvalue weighted by Crippen LogP contribution is -2.63. The smallest absolute Gasteiger partial charge is 0.166 e. The van der Waals surface area contributed by atoms with Gasteiger partial charge in [-0.25, -0.2) is 0 Å². The van der Waals surface area contributed by atoms with Crippen LogP contribution in [0.25, 0.3) is 0 Å². The van der Waals surface area contributed by atoms with Crippen LogP contribution in [0, 0.1) is 17.8 Å². The van der Waals surface area contributed by atoms with Crippen LogP contribution in [0.4, 0.5) is 0 Å². The fourth-order valence-corrected chi connectivity index (χ4v) is 4.11. The van der Waals surface area contributed by atoms with E-state index in [4.69, 9.17) is 9.94 Å². The Kier molecular flexibility index (Phi) is 1.75. The average molecular weight is 211 g/mol. The molecule has 0 aromatic carbocycles. The average Bonchev–Trinajstić information content (AvgIpc) is 2.06. The van der Waals surface area contributed by atoms with E-state index in [0.717, 1.165) is 12.8 Å². The van der Waals surface area contributed by atoms with Crippen LogP contribution in [-0.2, 0) is 4.74 Å². The van der Waals surface area contributed by atoms with Crippen LogP contribution in [0.5, 0.6) is 0 Å². The predicted molar refractivity (Wildman–Crippen MR) is 53.7 cm³/mol. The number of oxime groups is 1. The molecule has 84 valence electrons. The van der Waals surface area contributed by atoms with Gasteiger partial charge in [0.2, 0.25) is 0 Å². The van der Waals surface area contributed by atoms with Gasteiger partial charge in [-0.05, 0) is 31.6 Å². The molecule has 4 aliphatic rings. The molecular formula is C11H17NO3. The van der Waals surface area contributed by atoms with Crippen LogP contribution >= 0.6 is 0 Å². The molecule has 4 nitrogen and oxygen atoms in total. The second-order valence-electron chi connectivity index (χ2n) is 5.68. The Morgan fingerprint density at radius 2 is 1.87 bits per heavy atom. The Labute approximate surface area is 88.9 Å². The van der Waals surface area contributed by atoms with Crippen molar-refractivity contribution < 1.29 is 15.1 Å². The summed E-state index contributed by atoms with van der Waals surface area (Å²) in [6, 6.07) is 0.